The SMILES string of the molecule is CCCN(CC(F)(F)F)C(=O)C1(C)CCNC1. The molecule has 6 heteroatoms. The molecule has 1 N–H and O–H groups in total. The van der Waals surface area contributed by atoms with E-state index in [-0.39, 0.29) is 12.5 Å². The van der Waals surface area contributed by atoms with Crippen LogP contribution in [0.3, 0.4) is 0 Å². The monoisotopic (exact) mass is 252 g/mol. The quantitative estimate of drug-likeness (QED) is 0.827. The van der Waals surface area contributed by atoms with Gasteiger partial charge in [-0.15, -0.1) is 0 Å². The number of hydrogen-bond donors (Lipinski definition) is 1. The van der Waals surface area contributed by atoms with E-state index in [4.69, 9.17) is 0 Å². The molecule has 1 unspecified atom stereocenters. The van der Waals surface area contributed by atoms with Gasteiger partial charge in [-0.05, 0) is 26.3 Å². The third kappa shape index (κ3) is 3.87. The Kier molecular flexibility index (Phi) is 4.41. The lowest BCUT2D eigenvalue weighted by atomic mass is 9.88. The van der Waals surface area contributed by atoms with Gasteiger partial charge in [-0.3, -0.25) is 4.79 Å². The molecule has 0 saturated carbocycles. The molecule has 1 heterocycles. The van der Waals surface area contributed by atoms with Gasteiger partial charge in [0.2, 0.25) is 5.91 Å². The molecule has 0 aliphatic carbocycles. The average Bonchev–Trinajstić information content (AvgIpc) is 2.63. The Labute approximate surface area is 99.4 Å². The van der Waals surface area contributed by atoms with Gasteiger partial charge in [0.05, 0.1) is 5.41 Å². The molecule has 0 aromatic carbocycles. The fraction of sp³-hybridized carbons (Fsp3) is 0.909. The third-order valence-electron chi connectivity index (χ3n) is 3.04. The number of halogens is 3. The molecule has 1 atom stereocenters. The van der Waals surface area contributed by atoms with Gasteiger partial charge in [0.1, 0.15) is 6.54 Å². The van der Waals surface area contributed by atoms with Crippen LogP contribution in [0.5, 0.6) is 0 Å². The summed E-state index contributed by atoms with van der Waals surface area (Å²) >= 11 is 0. The lowest BCUT2D eigenvalue weighted by molar-refractivity contribution is -0.166. The predicted molar refractivity (Wildman–Crippen MR) is 58.5 cm³/mol. The Bertz CT molecular complexity index is 272. The highest BCUT2D eigenvalue weighted by atomic mass is 19.4. The standard InChI is InChI=1S/C11H19F3N2O/c1-3-6-16(8-11(12,13)14)9(17)10(2)4-5-15-7-10/h15H,3-8H2,1-2H3. The van der Waals surface area contributed by atoms with Crippen molar-refractivity contribution in [3.05, 3.63) is 0 Å². The van der Waals surface area contributed by atoms with E-state index in [0.29, 0.717) is 25.9 Å². The second-order valence-electron chi connectivity index (χ2n) is 4.83. The van der Waals surface area contributed by atoms with Crippen molar-refractivity contribution in [1.29, 1.82) is 0 Å². The number of carbonyl (C=O) groups excluding carboxylic acids is 1. The molecule has 0 radical (unpaired) electrons. The first kappa shape index (κ1) is 14.3. The minimum atomic E-state index is -4.33. The fourth-order valence-corrected chi connectivity index (χ4v) is 2.12. The Hall–Kier alpha value is -0.780. The zero-order valence-electron chi connectivity index (χ0n) is 10.2. The minimum Gasteiger partial charge on any atom is -0.333 e. The number of nitrogens with zero attached hydrogens (tertiary/aromatic N) is 1. The van der Waals surface area contributed by atoms with Gasteiger partial charge >= 0.3 is 6.18 Å². The van der Waals surface area contributed by atoms with Crippen molar-refractivity contribution < 1.29 is 18.0 Å². The van der Waals surface area contributed by atoms with Crippen LogP contribution in [-0.4, -0.2) is 43.2 Å². The minimum absolute atomic E-state index is 0.161. The molecule has 3 nitrogen and oxygen atoms in total. The fourth-order valence-electron chi connectivity index (χ4n) is 2.12. The van der Waals surface area contributed by atoms with E-state index in [1.807, 2.05) is 0 Å². The first-order valence-corrected chi connectivity index (χ1v) is 5.85. The van der Waals surface area contributed by atoms with Crippen LogP contribution in [0.2, 0.25) is 0 Å². The summed E-state index contributed by atoms with van der Waals surface area (Å²) in [6, 6.07) is 0. The van der Waals surface area contributed by atoms with Crippen molar-refractivity contribution in [3.8, 4) is 0 Å². The number of carbonyl (C=O) groups is 1. The number of nitrogens with one attached hydrogen (secondary N) is 1. The maximum atomic E-state index is 12.4. The van der Waals surface area contributed by atoms with E-state index < -0.39 is 18.1 Å². The van der Waals surface area contributed by atoms with E-state index in [9.17, 15) is 18.0 Å². The van der Waals surface area contributed by atoms with Crippen molar-refractivity contribution in [3.63, 3.8) is 0 Å². The van der Waals surface area contributed by atoms with Gasteiger partial charge in [0, 0.05) is 13.1 Å². The number of alkyl halides is 3. The molecule has 17 heavy (non-hydrogen) atoms. The van der Waals surface area contributed by atoms with Gasteiger partial charge in [-0.1, -0.05) is 6.92 Å². The molecule has 0 bridgehead atoms. The summed E-state index contributed by atoms with van der Waals surface area (Å²) in [5, 5.41) is 3.02. The summed E-state index contributed by atoms with van der Waals surface area (Å²) in [5.41, 5.74) is -0.680. The average molecular weight is 252 g/mol. The molecule has 0 aromatic heterocycles. The van der Waals surface area contributed by atoms with Gasteiger partial charge in [0.15, 0.2) is 0 Å². The smallest absolute Gasteiger partial charge is 0.333 e. The van der Waals surface area contributed by atoms with E-state index in [0.717, 1.165) is 4.90 Å². The van der Waals surface area contributed by atoms with Crippen LogP contribution in [-0.2, 0) is 4.79 Å². The summed E-state index contributed by atoms with van der Waals surface area (Å²) in [6.45, 7) is 3.67. The van der Waals surface area contributed by atoms with Gasteiger partial charge in [-0.25, -0.2) is 0 Å². The zero-order valence-corrected chi connectivity index (χ0v) is 10.2. The lowest BCUT2D eigenvalue weighted by Gasteiger charge is -2.31. The first-order chi connectivity index (χ1) is 7.78. The first-order valence-electron chi connectivity index (χ1n) is 5.85. The molecule has 0 spiro atoms. The lowest BCUT2D eigenvalue weighted by Crippen LogP contribution is -2.47. The number of rotatable bonds is 4. The van der Waals surface area contributed by atoms with E-state index >= 15 is 0 Å². The van der Waals surface area contributed by atoms with Gasteiger partial charge in [0.25, 0.3) is 0 Å². The van der Waals surface area contributed by atoms with Crippen LogP contribution >= 0.6 is 0 Å². The summed E-state index contributed by atoms with van der Waals surface area (Å²) < 4.78 is 37.2. The van der Waals surface area contributed by atoms with Crippen LogP contribution in [0.15, 0.2) is 0 Å². The Morgan fingerprint density at radius 1 is 1.47 bits per heavy atom. The number of amides is 1. The molecular weight excluding hydrogens is 233 g/mol. The van der Waals surface area contributed by atoms with Gasteiger partial charge < -0.3 is 10.2 Å². The molecule has 1 saturated heterocycles. The molecular formula is C11H19F3N2O. The third-order valence-corrected chi connectivity index (χ3v) is 3.04. The van der Waals surface area contributed by atoms with Crippen molar-refractivity contribution in [2.45, 2.75) is 32.9 Å². The Morgan fingerprint density at radius 2 is 2.12 bits per heavy atom. The van der Waals surface area contributed by atoms with E-state index in [2.05, 4.69) is 5.32 Å². The summed E-state index contributed by atoms with van der Waals surface area (Å²) in [6.07, 6.45) is -3.19. The van der Waals surface area contributed by atoms with Crippen molar-refractivity contribution >= 4 is 5.91 Å². The molecule has 0 aromatic rings. The zero-order chi connectivity index (χ0) is 13.1. The Morgan fingerprint density at radius 3 is 2.53 bits per heavy atom. The van der Waals surface area contributed by atoms with Crippen LogP contribution in [0, 0.1) is 5.41 Å². The van der Waals surface area contributed by atoms with Crippen LogP contribution < -0.4 is 5.32 Å². The molecule has 1 aliphatic rings. The normalized spacial score (nSPS) is 25.0. The largest absolute Gasteiger partial charge is 0.406 e. The summed E-state index contributed by atoms with van der Waals surface area (Å²) in [4.78, 5) is 13.1. The van der Waals surface area contributed by atoms with Crippen molar-refractivity contribution in [2.75, 3.05) is 26.2 Å². The maximum Gasteiger partial charge on any atom is 0.406 e. The molecule has 1 fully saturated rings. The highest BCUT2D eigenvalue weighted by Gasteiger charge is 2.42. The summed E-state index contributed by atoms with van der Waals surface area (Å²) in [5.74, 6) is -0.387. The van der Waals surface area contributed by atoms with Crippen LogP contribution in [0.4, 0.5) is 13.2 Å². The van der Waals surface area contributed by atoms with Gasteiger partial charge in [-0.2, -0.15) is 13.2 Å². The van der Waals surface area contributed by atoms with Crippen LogP contribution in [0.1, 0.15) is 26.7 Å². The number of hydrogen-bond acceptors (Lipinski definition) is 2. The van der Waals surface area contributed by atoms with E-state index in [1.54, 1.807) is 13.8 Å². The summed E-state index contributed by atoms with van der Waals surface area (Å²) in [7, 11) is 0. The second-order valence-corrected chi connectivity index (χ2v) is 4.83. The second kappa shape index (κ2) is 5.25. The topological polar surface area (TPSA) is 32.3 Å². The highest BCUT2D eigenvalue weighted by Crippen LogP contribution is 2.29. The molecule has 1 amide bonds. The predicted octanol–water partition coefficient (Wildman–Crippen LogP) is 1.79. The van der Waals surface area contributed by atoms with Crippen molar-refractivity contribution in [2.24, 2.45) is 5.41 Å². The molecule has 1 aliphatic heterocycles. The maximum absolute atomic E-state index is 12.4. The van der Waals surface area contributed by atoms with Crippen molar-refractivity contribution in [1.82, 2.24) is 10.2 Å². The highest BCUT2D eigenvalue weighted by molar-refractivity contribution is 5.83. The molecule has 1 rings (SSSR count). The Balaban J connectivity index is 2.72. The van der Waals surface area contributed by atoms with E-state index in [1.165, 1.54) is 0 Å². The van der Waals surface area contributed by atoms with Crippen LogP contribution in [0.25, 0.3) is 0 Å². The molecule has 100 valence electrons.